The first-order chi connectivity index (χ1) is 8.70. The number of hydrogen-bond acceptors (Lipinski definition) is 5. The molecule has 1 aliphatic heterocycles. The zero-order valence-electron chi connectivity index (χ0n) is 10.7. The minimum atomic E-state index is 0.127. The van der Waals surface area contributed by atoms with E-state index in [4.69, 9.17) is 5.73 Å². The van der Waals surface area contributed by atoms with E-state index in [-0.39, 0.29) is 11.9 Å². The summed E-state index contributed by atoms with van der Waals surface area (Å²) < 4.78 is 1.57. The maximum absolute atomic E-state index is 12.0. The number of aryl methyl sites for hydroxylation is 1. The standard InChI is InChI=1S/C11H20N6O/c1-2-3-9-6-16(7-10(9)12)11(18)4-5-17-8-13-14-15-17/h8-10H,2-7,12H2,1H3/t9-,10-/m0/s1. The number of nitrogens with two attached hydrogens (primary N) is 1. The molecule has 1 aromatic rings. The molecule has 18 heavy (non-hydrogen) atoms. The van der Waals surface area contributed by atoms with Crippen LogP contribution in [0.2, 0.25) is 0 Å². The number of rotatable bonds is 5. The van der Waals surface area contributed by atoms with Gasteiger partial charge in [0.15, 0.2) is 0 Å². The Labute approximate surface area is 106 Å². The Hall–Kier alpha value is -1.50. The van der Waals surface area contributed by atoms with Crippen LogP contribution in [-0.2, 0) is 11.3 Å². The SMILES string of the molecule is CCC[C@H]1CN(C(=O)CCn2cnnn2)C[C@@H]1N. The Kier molecular flexibility index (Phi) is 4.24. The normalized spacial score (nSPS) is 23.6. The third-order valence-electron chi connectivity index (χ3n) is 3.45. The third kappa shape index (κ3) is 3.04. The van der Waals surface area contributed by atoms with E-state index >= 15 is 0 Å². The molecule has 100 valence electrons. The second-order valence-corrected chi connectivity index (χ2v) is 4.83. The first-order valence-electron chi connectivity index (χ1n) is 6.44. The van der Waals surface area contributed by atoms with Crippen LogP contribution < -0.4 is 5.73 Å². The summed E-state index contributed by atoms with van der Waals surface area (Å²) in [4.78, 5) is 13.9. The van der Waals surface area contributed by atoms with Crippen molar-refractivity contribution >= 4 is 5.91 Å². The molecule has 1 amide bonds. The molecule has 0 bridgehead atoms. The summed E-state index contributed by atoms with van der Waals surface area (Å²) in [7, 11) is 0. The minimum absolute atomic E-state index is 0.127. The Morgan fingerprint density at radius 3 is 3.00 bits per heavy atom. The molecule has 0 spiro atoms. The summed E-state index contributed by atoms with van der Waals surface area (Å²) >= 11 is 0. The van der Waals surface area contributed by atoms with Crippen LogP contribution in [0.4, 0.5) is 0 Å². The van der Waals surface area contributed by atoms with Crippen LogP contribution >= 0.6 is 0 Å². The van der Waals surface area contributed by atoms with E-state index in [1.807, 2.05) is 4.90 Å². The van der Waals surface area contributed by atoms with Crippen molar-refractivity contribution in [1.29, 1.82) is 0 Å². The summed E-state index contributed by atoms with van der Waals surface area (Å²) in [6, 6.07) is 0.127. The molecule has 2 heterocycles. The van der Waals surface area contributed by atoms with E-state index in [1.54, 1.807) is 4.68 Å². The molecule has 1 saturated heterocycles. The molecule has 1 aromatic heterocycles. The average Bonchev–Trinajstić information content (AvgIpc) is 2.97. The van der Waals surface area contributed by atoms with Gasteiger partial charge >= 0.3 is 0 Å². The molecule has 2 N–H and O–H groups in total. The van der Waals surface area contributed by atoms with Crippen LogP contribution in [0.25, 0.3) is 0 Å². The molecule has 0 radical (unpaired) electrons. The van der Waals surface area contributed by atoms with Crippen molar-refractivity contribution in [1.82, 2.24) is 25.1 Å². The fourth-order valence-electron chi connectivity index (χ4n) is 2.43. The average molecular weight is 252 g/mol. The van der Waals surface area contributed by atoms with Crippen molar-refractivity contribution in [3.63, 3.8) is 0 Å². The number of hydrogen-bond donors (Lipinski definition) is 1. The van der Waals surface area contributed by atoms with Gasteiger partial charge in [-0.2, -0.15) is 0 Å². The molecule has 0 aliphatic carbocycles. The molecule has 7 heteroatoms. The Bertz CT molecular complexity index is 379. The van der Waals surface area contributed by atoms with Gasteiger partial charge in [-0.1, -0.05) is 13.3 Å². The number of likely N-dealkylation sites (tertiary alicyclic amines) is 1. The second kappa shape index (κ2) is 5.90. The van der Waals surface area contributed by atoms with Crippen LogP contribution in [0, 0.1) is 5.92 Å². The summed E-state index contributed by atoms with van der Waals surface area (Å²) in [5.41, 5.74) is 6.05. The smallest absolute Gasteiger partial charge is 0.224 e. The lowest BCUT2D eigenvalue weighted by atomic mass is 9.99. The number of tetrazole rings is 1. The molecule has 0 unspecified atom stereocenters. The first-order valence-corrected chi connectivity index (χ1v) is 6.44. The zero-order chi connectivity index (χ0) is 13.0. The van der Waals surface area contributed by atoms with Gasteiger partial charge in [-0.25, -0.2) is 4.68 Å². The van der Waals surface area contributed by atoms with E-state index in [0.29, 0.717) is 25.4 Å². The van der Waals surface area contributed by atoms with Gasteiger partial charge in [0, 0.05) is 25.6 Å². The maximum atomic E-state index is 12.0. The van der Waals surface area contributed by atoms with Crippen LogP contribution in [0.15, 0.2) is 6.33 Å². The van der Waals surface area contributed by atoms with Crippen molar-refractivity contribution in [3.05, 3.63) is 6.33 Å². The molecular formula is C11H20N6O. The molecule has 0 aromatic carbocycles. The molecular weight excluding hydrogens is 232 g/mol. The predicted molar refractivity (Wildman–Crippen MR) is 65.4 cm³/mol. The van der Waals surface area contributed by atoms with Crippen molar-refractivity contribution in [2.24, 2.45) is 11.7 Å². The van der Waals surface area contributed by atoms with Gasteiger partial charge in [-0.15, -0.1) is 5.10 Å². The quantitative estimate of drug-likeness (QED) is 0.773. The lowest BCUT2D eigenvalue weighted by molar-refractivity contribution is -0.130. The van der Waals surface area contributed by atoms with Gasteiger partial charge in [0.05, 0.1) is 6.54 Å². The lowest BCUT2D eigenvalue weighted by Gasteiger charge is -2.15. The molecule has 1 aliphatic rings. The Morgan fingerprint density at radius 2 is 2.33 bits per heavy atom. The molecule has 0 saturated carbocycles. The molecule has 2 atom stereocenters. The summed E-state index contributed by atoms with van der Waals surface area (Å²) in [5, 5.41) is 10.8. The van der Waals surface area contributed by atoms with Gasteiger partial charge in [-0.3, -0.25) is 4.79 Å². The fraction of sp³-hybridized carbons (Fsp3) is 0.818. The highest BCUT2D eigenvalue weighted by atomic mass is 16.2. The first kappa shape index (κ1) is 12.9. The molecule has 2 rings (SSSR count). The van der Waals surface area contributed by atoms with Crippen molar-refractivity contribution in [2.45, 2.75) is 38.8 Å². The highest BCUT2D eigenvalue weighted by molar-refractivity contribution is 5.76. The fourth-order valence-corrected chi connectivity index (χ4v) is 2.43. The van der Waals surface area contributed by atoms with E-state index < -0.39 is 0 Å². The van der Waals surface area contributed by atoms with Crippen LogP contribution in [0.3, 0.4) is 0 Å². The van der Waals surface area contributed by atoms with Crippen LogP contribution in [0.5, 0.6) is 0 Å². The summed E-state index contributed by atoms with van der Waals surface area (Å²) in [6.07, 6.45) is 4.16. The second-order valence-electron chi connectivity index (χ2n) is 4.83. The van der Waals surface area contributed by atoms with E-state index in [0.717, 1.165) is 19.4 Å². The zero-order valence-corrected chi connectivity index (χ0v) is 10.7. The molecule has 7 nitrogen and oxygen atoms in total. The Morgan fingerprint density at radius 1 is 1.50 bits per heavy atom. The van der Waals surface area contributed by atoms with Gasteiger partial charge in [0.25, 0.3) is 0 Å². The third-order valence-corrected chi connectivity index (χ3v) is 3.45. The van der Waals surface area contributed by atoms with Crippen LogP contribution in [-0.4, -0.2) is 50.1 Å². The topological polar surface area (TPSA) is 89.9 Å². The number of carbonyl (C=O) groups excluding carboxylic acids is 1. The monoisotopic (exact) mass is 252 g/mol. The van der Waals surface area contributed by atoms with Gasteiger partial charge < -0.3 is 10.6 Å². The van der Waals surface area contributed by atoms with Gasteiger partial charge in [0.1, 0.15) is 6.33 Å². The number of nitrogens with zero attached hydrogens (tertiary/aromatic N) is 5. The predicted octanol–water partition coefficient (Wildman–Crippen LogP) is -0.351. The van der Waals surface area contributed by atoms with Crippen molar-refractivity contribution in [2.75, 3.05) is 13.1 Å². The maximum Gasteiger partial charge on any atom is 0.224 e. The van der Waals surface area contributed by atoms with Crippen molar-refractivity contribution < 1.29 is 4.79 Å². The van der Waals surface area contributed by atoms with Crippen LogP contribution in [0.1, 0.15) is 26.2 Å². The largest absolute Gasteiger partial charge is 0.341 e. The Balaban J connectivity index is 1.79. The van der Waals surface area contributed by atoms with Gasteiger partial charge in [-0.05, 0) is 22.8 Å². The lowest BCUT2D eigenvalue weighted by Crippen LogP contribution is -2.32. The molecule has 1 fully saturated rings. The number of carbonyl (C=O) groups is 1. The highest BCUT2D eigenvalue weighted by Gasteiger charge is 2.31. The number of aromatic nitrogens is 4. The highest BCUT2D eigenvalue weighted by Crippen LogP contribution is 2.20. The van der Waals surface area contributed by atoms with E-state index in [1.165, 1.54) is 6.33 Å². The van der Waals surface area contributed by atoms with E-state index in [2.05, 4.69) is 22.4 Å². The van der Waals surface area contributed by atoms with Crippen molar-refractivity contribution in [3.8, 4) is 0 Å². The van der Waals surface area contributed by atoms with E-state index in [9.17, 15) is 4.79 Å². The number of amides is 1. The summed E-state index contributed by atoms with van der Waals surface area (Å²) in [5.74, 6) is 0.589. The minimum Gasteiger partial charge on any atom is -0.341 e. The summed E-state index contributed by atoms with van der Waals surface area (Å²) in [6.45, 7) is 4.15. The van der Waals surface area contributed by atoms with Gasteiger partial charge in [0.2, 0.25) is 5.91 Å².